The Hall–Kier alpha value is -2.98. The lowest BCUT2D eigenvalue weighted by Gasteiger charge is -2.21. The van der Waals surface area contributed by atoms with Gasteiger partial charge in [-0.3, -0.25) is 18.2 Å². The lowest BCUT2D eigenvalue weighted by Crippen LogP contribution is -2.33. The summed E-state index contributed by atoms with van der Waals surface area (Å²) in [5.41, 5.74) is 11.9. The van der Waals surface area contributed by atoms with Gasteiger partial charge in [0.15, 0.2) is 35.4 Å². The minimum atomic E-state index is -6.19. The fourth-order valence-corrected chi connectivity index (χ4v) is 10.1. The van der Waals surface area contributed by atoms with Gasteiger partial charge in [0, 0.05) is 0 Å². The Labute approximate surface area is 293 Å². The summed E-state index contributed by atoms with van der Waals surface area (Å²) in [6.45, 7) is -2.22. The zero-order valence-electron chi connectivity index (χ0n) is 25.9. The van der Waals surface area contributed by atoms with Gasteiger partial charge in [0.25, 0.3) is 0 Å². The number of hydrogen-bond acceptors (Lipinski definition) is 23. The normalized spacial score (nSPS) is 30.9. The lowest BCUT2D eigenvalue weighted by atomic mass is 10.1. The number of rotatable bonds is 14. The SMILES string of the molecule is Nc1ncnc2c1ncn2[C@@H]1O[C@@H](COP(=O)(O)OP(=O)(O)OP(=O)(O)OP(=O)(O)OC[C@@H]2O[C@@H](n3cnc4c(N)ncnc43)[C@H](O)[C@H]2O)[C@H](O)[C@H]1O. The van der Waals surface area contributed by atoms with E-state index in [4.69, 9.17) is 20.9 Å². The quantitative estimate of drug-likeness (QED) is 0.0589. The van der Waals surface area contributed by atoms with E-state index >= 15 is 0 Å². The predicted molar refractivity (Wildman–Crippen MR) is 166 cm³/mol. The minimum Gasteiger partial charge on any atom is -0.387 e. The summed E-state index contributed by atoms with van der Waals surface area (Å²) in [5, 5.41) is 41.8. The monoisotopic (exact) mass is 836 g/mol. The molecule has 4 unspecified atom stereocenters. The van der Waals surface area contributed by atoms with Crippen molar-refractivity contribution in [1.29, 1.82) is 0 Å². The molecule has 6 rings (SSSR count). The smallest absolute Gasteiger partial charge is 0.387 e. The standard InChI is InChI=1S/C20H28N10O19P4/c21-15-9-17(25-3-23-15)29(5-27-9)19-13(33)11(31)7(45-19)1-43-50(35,36)47-52(39,40)49-53(41,42)48-51(37,38)44-2-8-12(32)14(34)20(46-8)30-6-28-10-16(22)24-4-26-18(10)30/h3-8,11-14,19-20,31-34H,1-2H2,(H,35,36)(H,37,38)(H,39,40)(H,41,42)(H2,21,23,25)(H2,22,24,26)/t7-,8-,11-,12-,13+,14+,19+,20+/m0/s1. The van der Waals surface area contributed by atoms with E-state index < -0.39 is 93.6 Å². The Balaban J connectivity index is 1.01. The van der Waals surface area contributed by atoms with Crippen LogP contribution in [0.5, 0.6) is 0 Å². The van der Waals surface area contributed by atoms with E-state index in [2.05, 4.69) is 51.9 Å². The summed E-state index contributed by atoms with van der Waals surface area (Å²) in [6, 6.07) is 0. The molecule has 6 heterocycles. The van der Waals surface area contributed by atoms with Crippen molar-refractivity contribution in [2.75, 3.05) is 24.7 Å². The number of imidazole rings is 2. The summed E-state index contributed by atoms with van der Waals surface area (Å²) >= 11 is 0. The molecule has 0 amide bonds. The molecule has 4 aromatic heterocycles. The van der Waals surface area contributed by atoms with Crippen LogP contribution in [0.3, 0.4) is 0 Å². The van der Waals surface area contributed by atoms with E-state index in [1.54, 1.807) is 0 Å². The van der Waals surface area contributed by atoms with Crippen LogP contribution >= 0.6 is 31.3 Å². The number of nitrogens with two attached hydrogens (primary N) is 2. The molecule has 12 atom stereocenters. The van der Waals surface area contributed by atoms with Crippen molar-refractivity contribution in [2.45, 2.75) is 49.1 Å². The number of hydrogen-bond donors (Lipinski definition) is 10. The first-order valence-corrected chi connectivity index (χ1v) is 20.3. The number of ether oxygens (including phenoxy) is 2. The molecular formula is C20H28N10O19P4. The molecule has 12 N–H and O–H groups in total. The number of aromatic nitrogens is 8. The van der Waals surface area contributed by atoms with Crippen molar-refractivity contribution >= 4 is 65.3 Å². The summed E-state index contributed by atoms with van der Waals surface area (Å²) in [5.74, 6) is -0.0284. The van der Waals surface area contributed by atoms with Crippen LogP contribution in [0.15, 0.2) is 25.3 Å². The molecule has 0 bridgehead atoms. The second kappa shape index (κ2) is 14.6. The largest absolute Gasteiger partial charge is 0.490 e. The highest BCUT2D eigenvalue weighted by molar-refractivity contribution is 7.69. The third kappa shape index (κ3) is 8.48. The Morgan fingerprint density at radius 1 is 0.585 bits per heavy atom. The zero-order valence-corrected chi connectivity index (χ0v) is 29.5. The van der Waals surface area contributed by atoms with Gasteiger partial charge in [-0.2, -0.15) is 12.9 Å². The van der Waals surface area contributed by atoms with Crippen molar-refractivity contribution in [3.05, 3.63) is 25.3 Å². The molecule has 0 saturated carbocycles. The van der Waals surface area contributed by atoms with E-state index in [9.17, 15) is 58.3 Å². The molecule has 0 spiro atoms. The Bertz CT molecular complexity index is 2040. The van der Waals surface area contributed by atoms with Gasteiger partial charge in [0.05, 0.1) is 25.9 Å². The van der Waals surface area contributed by atoms with Gasteiger partial charge in [-0.1, -0.05) is 0 Å². The van der Waals surface area contributed by atoms with Crippen LogP contribution in [0.4, 0.5) is 11.6 Å². The molecule has 29 nitrogen and oxygen atoms in total. The van der Waals surface area contributed by atoms with Gasteiger partial charge in [-0.15, -0.1) is 0 Å². The molecule has 2 saturated heterocycles. The van der Waals surface area contributed by atoms with E-state index in [-0.39, 0.29) is 34.0 Å². The second-order valence-electron chi connectivity index (χ2n) is 11.0. The number of phosphoric ester groups is 2. The van der Waals surface area contributed by atoms with E-state index in [0.29, 0.717) is 0 Å². The highest BCUT2D eigenvalue weighted by Crippen LogP contribution is 2.71. The van der Waals surface area contributed by atoms with Gasteiger partial charge in [-0.25, -0.2) is 48.2 Å². The lowest BCUT2D eigenvalue weighted by molar-refractivity contribution is -0.0505. The molecule has 0 aliphatic carbocycles. The highest BCUT2D eigenvalue weighted by Gasteiger charge is 2.50. The molecular weight excluding hydrogens is 808 g/mol. The maximum Gasteiger partial charge on any atom is 0.490 e. The van der Waals surface area contributed by atoms with Crippen molar-refractivity contribution in [3.63, 3.8) is 0 Å². The van der Waals surface area contributed by atoms with Crippen molar-refractivity contribution in [2.24, 2.45) is 0 Å². The molecule has 0 radical (unpaired) electrons. The molecule has 33 heteroatoms. The van der Waals surface area contributed by atoms with Crippen LogP contribution in [0.2, 0.25) is 0 Å². The first-order valence-electron chi connectivity index (χ1n) is 14.3. The second-order valence-corrected chi connectivity index (χ2v) is 17.2. The molecule has 53 heavy (non-hydrogen) atoms. The molecule has 292 valence electrons. The third-order valence-corrected chi connectivity index (χ3v) is 13.3. The van der Waals surface area contributed by atoms with Crippen LogP contribution in [0, 0.1) is 0 Å². The maximum absolute atomic E-state index is 12.4. The number of phosphoric acid groups is 4. The van der Waals surface area contributed by atoms with Crippen LogP contribution in [-0.2, 0) is 49.7 Å². The van der Waals surface area contributed by atoms with Crippen molar-refractivity contribution < 1.29 is 89.7 Å². The number of nitrogens with zero attached hydrogens (tertiary/aromatic N) is 8. The predicted octanol–water partition coefficient (Wildman–Crippen LogP) is -2.45. The molecule has 4 aromatic rings. The number of nitrogen functional groups attached to an aromatic ring is 2. The van der Waals surface area contributed by atoms with Crippen molar-refractivity contribution in [1.82, 2.24) is 39.0 Å². The molecule has 2 aliphatic heterocycles. The van der Waals surface area contributed by atoms with Crippen LogP contribution in [-0.4, -0.2) is 129 Å². The molecule has 0 aromatic carbocycles. The average molecular weight is 836 g/mol. The summed E-state index contributed by atoms with van der Waals surface area (Å²) < 4.78 is 83.4. The van der Waals surface area contributed by atoms with Gasteiger partial charge < -0.3 is 60.9 Å². The number of fused-ring (bicyclic) bond motifs is 2. The summed E-state index contributed by atoms with van der Waals surface area (Å²) in [7, 11) is -23.9. The first-order chi connectivity index (χ1) is 24.7. The highest BCUT2D eigenvalue weighted by atomic mass is 31.3. The Morgan fingerprint density at radius 2 is 0.943 bits per heavy atom. The first kappa shape index (κ1) is 39.7. The number of aliphatic hydroxyl groups excluding tert-OH is 4. The molecule has 2 fully saturated rings. The summed E-state index contributed by atoms with van der Waals surface area (Å²) in [6.07, 6.45) is -8.58. The summed E-state index contributed by atoms with van der Waals surface area (Å²) in [4.78, 5) is 63.0. The fraction of sp³-hybridized carbons (Fsp3) is 0.500. The Kier molecular flexibility index (Phi) is 10.9. The van der Waals surface area contributed by atoms with Crippen LogP contribution in [0.1, 0.15) is 12.5 Å². The number of aliphatic hydroxyl groups is 4. The number of anilines is 2. The van der Waals surface area contributed by atoms with Gasteiger partial charge in [-0.05, 0) is 0 Å². The van der Waals surface area contributed by atoms with Gasteiger partial charge >= 0.3 is 31.3 Å². The van der Waals surface area contributed by atoms with Crippen LogP contribution < -0.4 is 11.5 Å². The van der Waals surface area contributed by atoms with Crippen LogP contribution in [0.25, 0.3) is 22.3 Å². The zero-order chi connectivity index (χ0) is 38.7. The molecule has 2 aliphatic rings. The van der Waals surface area contributed by atoms with E-state index in [1.807, 2.05) is 0 Å². The van der Waals surface area contributed by atoms with Gasteiger partial charge in [0.1, 0.15) is 60.3 Å². The van der Waals surface area contributed by atoms with E-state index in [0.717, 1.165) is 34.4 Å². The fourth-order valence-electron chi connectivity index (χ4n) is 5.11. The van der Waals surface area contributed by atoms with Gasteiger partial charge in [0.2, 0.25) is 0 Å². The minimum absolute atomic E-state index is 0.0142. The average Bonchev–Trinajstić information content (AvgIpc) is 3.80. The maximum atomic E-state index is 12.4. The third-order valence-electron chi connectivity index (χ3n) is 7.42. The van der Waals surface area contributed by atoms with E-state index in [1.165, 1.54) is 0 Å². The topological polar surface area (TPSA) is 434 Å². The Morgan fingerprint density at radius 3 is 1.32 bits per heavy atom. The van der Waals surface area contributed by atoms with Crippen molar-refractivity contribution in [3.8, 4) is 0 Å².